The summed E-state index contributed by atoms with van der Waals surface area (Å²) < 4.78 is 5.33. The Balaban J connectivity index is 2.26. The molecule has 2 rings (SSSR count). The van der Waals surface area contributed by atoms with Gasteiger partial charge in [0.15, 0.2) is 0 Å². The molecule has 2 aromatic rings. The van der Waals surface area contributed by atoms with Gasteiger partial charge in [0.05, 0.1) is 11.2 Å². The van der Waals surface area contributed by atoms with E-state index in [0.29, 0.717) is 0 Å². The van der Waals surface area contributed by atoms with Crippen LogP contribution in [-0.4, -0.2) is 6.04 Å². The molecule has 102 valence electrons. The van der Waals surface area contributed by atoms with Crippen molar-refractivity contribution in [2.75, 3.05) is 0 Å². The van der Waals surface area contributed by atoms with Gasteiger partial charge in [-0.1, -0.05) is 30.3 Å². The van der Waals surface area contributed by atoms with Gasteiger partial charge in [-0.25, -0.2) is 0 Å². The van der Waals surface area contributed by atoms with Gasteiger partial charge in [0.1, 0.15) is 5.76 Å². The van der Waals surface area contributed by atoms with Crippen molar-refractivity contribution in [3.63, 3.8) is 0 Å². The Morgan fingerprint density at radius 2 is 2.11 bits per heavy atom. The number of rotatable bonds is 5. The van der Waals surface area contributed by atoms with Gasteiger partial charge in [-0.05, 0) is 49.6 Å². The highest BCUT2D eigenvalue weighted by atomic mass is 35.5. The monoisotopic (exact) mass is 295 g/mol. The van der Waals surface area contributed by atoms with Crippen LogP contribution >= 0.6 is 23.4 Å². The van der Waals surface area contributed by atoms with Crippen LogP contribution in [0.5, 0.6) is 0 Å². The SMILES string of the molecule is CCC(N)Cc1cc(Cl)ccc1Sc1ccoc1C. The molecule has 0 fully saturated rings. The van der Waals surface area contributed by atoms with Gasteiger partial charge in [-0.15, -0.1) is 0 Å². The molecule has 1 heterocycles. The first-order valence-corrected chi connectivity index (χ1v) is 7.55. The number of halogens is 1. The van der Waals surface area contributed by atoms with Crippen molar-refractivity contribution < 1.29 is 4.42 Å². The van der Waals surface area contributed by atoms with E-state index in [9.17, 15) is 0 Å². The van der Waals surface area contributed by atoms with Crippen molar-refractivity contribution in [2.45, 2.75) is 42.5 Å². The summed E-state index contributed by atoms with van der Waals surface area (Å²) >= 11 is 7.79. The lowest BCUT2D eigenvalue weighted by atomic mass is 10.0. The van der Waals surface area contributed by atoms with Gasteiger partial charge in [0.2, 0.25) is 0 Å². The van der Waals surface area contributed by atoms with Gasteiger partial charge in [0, 0.05) is 16.0 Å². The number of benzene rings is 1. The third kappa shape index (κ3) is 3.78. The molecule has 0 spiro atoms. The van der Waals surface area contributed by atoms with Crippen LogP contribution < -0.4 is 5.73 Å². The second kappa shape index (κ2) is 6.51. The van der Waals surface area contributed by atoms with E-state index in [-0.39, 0.29) is 6.04 Å². The fourth-order valence-electron chi connectivity index (χ4n) is 1.83. The van der Waals surface area contributed by atoms with Crippen LogP contribution in [0.3, 0.4) is 0 Å². The summed E-state index contributed by atoms with van der Waals surface area (Å²) in [5.41, 5.74) is 7.26. The second-order valence-corrected chi connectivity index (χ2v) is 6.09. The van der Waals surface area contributed by atoms with Crippen LogP contribution in [0, 0.1) is 6.92 Å². The van der Waals surface area contributed by atoms with Crippen LogP contribution in [0.15, 0.2) is 44.7 Å². The topological polar surface area (TPSA) is 39.2 Å². The predicted octanol–water partition coefficient (Wildman–Crippen LogP) is 4.67. The zero-order chi connectivity index (χ0) is 13.8. The number of nitrogens with two attached hydrogens (primary N) is 1. The van der Waals surface area contributed by atoms with E-state index < -0.39 is 0 Å². The van der Waals surface area contributed by atoms with Crippen molar-refractivity contribution in [3.05, 3.63) is 46.9 Å². The molecule has 1 atom stereocenters. The Hall–Kier alpha value is -0.900. The van der Waals surface area contributed by atoms with Crippen LogP contribution in [0.4, 0.5) is 0 Å². The molecular weight excluding hydrogens is 278 g/mol. The lowest BCUT2D eigenvalue weighted by Crippen LogP contribution is -2.21. The minimum atomic E-state index is 0.170. The largest absolute Gasteiger partial charge is 0.468 e. The Labute approximate surface area is 123 Å². The standard InChI is InChI=1S/C15H18ClNOS/c1-3-13(17)9-11-8-12(16)4-5-15(11)19-14-6-7-18-10(14)2/h4-8,13H,3,9,17H2,1-2H3. The Bertz CT molecular complexity index is 553. The van der Waals surface area contributed by atoms with Crippen LogP contribution in [0.2, 0.25) is 5.02 Å². The van der Waals surface area contributed by atoms with Crippen LogP contribution in [-0.2, 0) is 6.42 Å². The molecule has 0 radical (unpaired) electrons. The molecule has 0 aliphatic heterocycles. The van der Waals surface area contributed by atoms with Gasteiger partial charge < -0.3 is 10.2 Å². The first-order valence-electron chi connectivity index (χ1n) is 6.36. The first kappa shape index (κ1) is 14.5. The Kier molecular flexibility index (Phi) is 4.97. The summed E-state index contributed by atoms with van der Waals surface area (Å²) in [5, 5.41) is 0.756. The van der Waals surface area contributed by atoms with Gasteiger partial charge >= 0.3 is 0 Å². The quantitative estimate of drug-likeness (QED) is 0.871. The van der Waals surface area contributed by atoms with E-state index in [1.807, 2.05) is 25.1 Å². The summed E-state index contributed by atoms with van der Waals surface area (Å²) in [6.45, 7) is 4.07. The fraction of sp³-hybridized carbons (Fsp3) is 0.333. The number of hydrogen-bond acceptors (Lipinski definition) is 3. The van der Waals surface area contributed by atoms with Gasteiger partial charge in [-0.3, -0.25) is 0 Å². The summed E-state index contributed by atoms with van der Waals surface area (Å²) in [5.74, 6) is 0.936. The Morgan fingerprint density at radius 1 is 1.32 bits per heavy atom. The van der Waals surface area contributed by atoms with Crippen molar-refractivity contribution in [1.29, 1.82) is 0 Å². The van der Waals surface area contributed by atoms with Crippen LogP contribution in [0.1, 0.15) is 24.7 Å². The molecule has 4 heteroatoms. The van der Waals surface area contributed by atoms with E-state index in [1.54, 1.807) is 18.0 Å². The maximum absolute atomic E-state index is 6.09. The van der Waals surface area contributed by atoms with E-state index in [0.717, 1.165) is 28.5 Å². The Morgan fingerprint density at radius 3 is 2.74 bits per heavy atom. The molecule has 0 aliphatic rings. The maximum Gasteiger partial charge on any atom is 0.114 e. The number of hydrogen-bond donors (Lipinski definition) is 1. The maximum atomic E-state index is 6.09. The zero-order valence-corrected chi connectivity index (χ0v) is 12.7. The highest BCUT2D eigenvalue weighted by molar-refractivity contribution is 7.99. The minimum absolute atomic E-state index is 0.170. The predicted molar refractivity (Wildman–Crippen MR) is 81.0 cm³/mol. The average Bonchev–Trinajstić information content (AvgIpc) is 2.78. The minimum Gasteiger partial charge on any atom is -0.468 e. The van der Waals surface area contributed by atoms with E-state index >= 15 is 0 Å². The lowest BCUT2D eigenvalue weighted by molar-refractivity contribution is 0.527. The number of aryl methyl sites for hydroxylation is 1. The molecule has 2 N–H and O–H groups in total. The molecule has 0 amide bonds. The molecule has 1 unspecified atom stereocenters. The third-order valence-corrected chi connectivity index (χ3v) is 4.56. The van der Waals surface area contributed by atoms with Crippen molar-refractivity contribution >= 4 is 23.4 Å². The molecule has 1 aromatic heterocycles. The van der Waals surface area contributed by atoms with E-state index in [1.165, 1.54) is 10.5 Å². The second-order valence-electron chi connectivity index (χ2n) is 4.57. The lowest BCUT2D eigenvalue weighted by Gasteiger charge is -2.13. The normalized spacial score (nSPS) is 12.6. The fourth-order valence-corrected chi connectivity index (χ4v) is 2.99. The molecule has 0 bridgehead atoms. The molecule has 2 nitrogen and oxygen atoms in total. The van der Waals surface area contributed by atoms with Crippen molar-refractivity contribution in [3.8, 4) is 0 Å². The number of furan rings is 1. The zero-order valence-electron chi connectivity index (χ0n) is 11.2. The summed E-state index contributed by atoms with van der Waals surface area (Å²) in [6, 6.07) is 8.13. The molecule has 0 saturated heterocycles. The van der Waals surface area contributed by atoms with Crippen molar-refractivity contribution in [1.82, 2.24) is 0 Å². The average molecular weight is 296 g/mol. The molecule has 1 aromatic carbocycles. The van der Waals surface area contributed by atoms with Crippen molar-refractivity contribution in [2.24, 2.45) is 5.73 Å². The summed E-state index contributed by atoms with van der Waals surface area (Å²) in [7, 11) is 0. The molecule has 0 aliphatic carbocycles. The third-order valence-electron chi connectivity index (χ3n) is 3.06. The van der Waals surface area contributed by atoms with Gasteiger partial charge in [-0.2, -0.15) is 0 Å². The summed E-state index contributed by atoms with van der Waals surface area (Å²) in [4.78, 5) is 2.33. The smallest absolute Gasteiger partial charge is 0.114 e. The highest BCUT2D eigenvalue weighted by Crippen LogP contribution is 2.34. The van der Waals surface area contributed by atoms with Gasteiger partial charge in [0.25, 0.3) is 0 Å². The summed E-state index contributed by atoms with van der Waals surface area (Å²) in [6.07, 6.45) is 3.52. The van der Waals surface area contributed by atoms with E-state index in [2.05, 4.69) is 13.0 Å². The molecule has 0 saturated carbocycles. The highest BCUT2D eigenvalue weighted by Gasteiger charge is 2.11. The van der Waals surface area contributed by atoms with Crippen LogP contribution in [0.25, 0.3) is 0 Å². The molecular formula is C15H18ClNOS. The molecule has 19 heavy (non-hydrogen) atoms. The first-order chi connectivity index (χ1) is 9.10. The van der Waals surface area contributed by atoms with E-state index in [4.69, 9.17) is 21.8 Å².